The minimum absolute atomic E-state index is 0.297. The lowest BCUT2D eigenvalue weighted by Gasteiger charge is -2.36. The van der Waals surface area contributed by atoms with Crippen molar-refractivity contribution < 1.29 is 14.4 Å². The molecule has 0 spiro atoms. The lowest BCUT2D eigenvalue weighted by molar-refractivity contribution is -0.121. The van der Waals surface area contributed by atoms with Crippen LogP contribution < -0.4 is 10.2 Å². The van der Waals surface area contributed by atoms with Crippen LogP contribution in [0.2, 0.25) is 0 Å². The van der Waals surface area contributed by atoms with Crippen LogP contribution in [0.3, 0.4) is 0 Å². The van der Waals surface area contributed by atoms with Gasteiger partial charge < -0.3 is 5.32 Å². The third-order valence-corrected chi connectivity index (χ3v) is 5.68. The topological polar surface area (TPSA) is 66.5 Å². The molecule has 1 unspecified atom stereocenters. The number of anilines is 2. The van der Waals surface area contributed by atoms with Crippen molar-refractivity contribution in [3.05, 3.63) is 95.1 Å². The van der Waals surface area contributed by atoms with Gasteiger partial charge in [0.15, 0.2) is 0 Å². The number of Topliss-reactive ketones (excluding diaryl/α,β-unsaturated/α-hetero) is 1. The summed E-state index contributed by atoms with van der Waals surface area (Å²) in [6.07, 6.45) is 1.10. The largest absolute Gasteiger partial charge is 0.324 e. The molecule has 31 heavy (non-hydrogen) atoms. The number of nitrogens with one attached hydrogen (secondary N) is 1. The lowest BCUT2D eigenvalue weighted by atomic mass is 9.94. The third-order valence-electron chi connectivity index (χ3n) is 5.68. The molecule has 0 bridgehead atoms. The molecule has 0 saturated heterocycles. The fourth-order valence-electron chi connectivity index (χ4n) is 3.91. The van der Waals surface area contributed by atoms with Crippen LogP contribution in [0.1, 0.15) is 33.5 Å². The van der Waals surface area contributed by atoms with Crippen LogP contribution in [-0.4, -0.2) is 23.6 Å². The number of nitrogens with zero attached hydrogens (tertiary/aromatic N) is 1. The number of benzene rings is 3. The summed E-state index contributed by atoms with van der Waals surface area (Å²) in [6.45, 7) is 3.83. The highest BCUT2D eigenvalue weighted by molar-refractivity contribution is 6.47. The summed E-state index contributed by atoms with van der Waals surface area (Å²) >= 11 is 0. The first-order valence-electron chi connectivity index (χ1n) is 10.3. The highest BCUT2D eigenvalue weighted by atomic mass is 16.2. The summed E-state index contributed by atoms with van der Waals surface area (Å²) in [7, 11) is 0. The van der Waals surface area contributed by atoms with Gasteiger partial charge in [-0.15, -0.1) is 0 Å². The monoisotopic (exact) mass is 412 g/mol. The highest BCUT2D eigenvalue weighted by Gasteiger charge is 2.38. The van der Waals surface area contributed by atoms with E-state index in [2.05, 4.69) is 5.32 Å². The van der Waals surface area contributed by atoms with Gasteiger partial charge in [-0.25, -0.2) is 0 Å². The molecule has 1 heterocycles. The maximum atomic E-state index is 13.4. The molecule has 1 atom stereocenters. The quantitative estimate of drug-likeness (QED) is 0.508. The van der Waals surface area contributed by atoms with Crippen LogP contribution in [-0.2, 0) is 16.0 Å². The molecular formula is C26H24N2O3. The Morgan fingerprint density at radius 3 is 2.29 bits per heavy atom. The molecule has 0 radical (unpaired) electrons. The van der Waals surface area contributed by atoms with Gasteiger partial charge in [-0.2, -0.15) is 0 Å². The van der Waals surface area contributed by atoms with E-state index in [1.165, 1.54) is 4.90 Å². The normalized spacial score (nSPS) is 15.2. The van der Waals surface area contributed by atoms with E-state index in [1.54, 1.807) is 30.3 Å². The van der Waals surface area contributed by atoms with Crippen molar-refractivity contribution in [3.63, 3.8) is 0 Å². The molecule has 1 N–H and O–H groups in total. The van der Waals surface area contributed by atoms with E-state index in [-0.39, 0.29) is 5.91 Å². The SMILES string of the molecule is Cc1ccc(C(=O)C(=O)N2c3ccccc3CCC2C(=O)Nc2ccccc2C)cc1. The standard InChI is InChI=1S/C26H24N2O3/c1-17-11-13-20(14-12-17)24(29)26(31)28-22-10-6-4-8-19(22)15-16-23(28)25(30)27-21-9-5-3-7-18(21)2/h3-14,23H,15-16H2,1-2H3,(H,27,30). The average molecular weight is 412 g/mol. The van der Waals surface area contributed by atoms with Gasteiger partial charge >= 0.3 is 0 Å². The molecular weight excluding hydrogens is 388 g/mol. The zero-order valence-corrected chi connectivity index (χ0v) is 17.6. The Balaban J connectivity index is 1.68. The number of para-hydroxylation sites is 2. The van der Waals surface area contributed by atoms with Gasteiger partial charge in [0.05, 0.1) is 0 Å². The smallest absolute Gasteiger partial charge is 0.300 e. The van der Waals surface area contributed by atoms with Gasteiger partial charge in [-0.1, -0.05) is 66.2 Å². The summed E-state index contributed by atoms with van der Waals surface area (Å²) in [6, 6.07) is 21.1. The molecule has 0 fully saturated rings. The molecule has 1 aliphatic heterocycles. The first-order valence-corrected chi connectivity index (χ1v) is 10.3. The van der Waals surface area contributed by atoms with Crippen LogP contribution in [0.5, 0.6) is 0 Å². The van der Waals surface area contributed by atoms with Crippen LogP contribution in [0, 0.1) is 13.8 Å². The minimum atomic E-state index is -0.767. The number of aryl methyl sites for hydroxylation is 3. The Hall–Kier alpha value is -3.73. The first-order chi connectivity index (χ1) is 15.0. The minimum Gasteiger partial charge on any atom is -0.324 e. The van der Waals surface area contributed by atoms with Gasteiger partial charge in [0.1, 0.15) is 6.04 Å². The van der Waals surface area contributed by atoms with Crippen molar-refractivity contribution in [2.45, 2.75) is 32.7 Å². The van der Waals surface area contributed by atoms with Gasteiger partial charge in [0.2, 0.25) is 5.91 Å². The predicted octanol–water partition coefficient (Wildman–Crippen LogP) is 4.47. The fraction of sp³-hybridized carbons (Fsp3) is 0.192. The highest BCUT2D eigenvalue weighted by Crippen LogP contribution is 2.32. The van der Waals surface area contributed by atoms with Crippen molar-refractivity contribution in [1.82, 2.24) is 0 Å². The van der Waals surface area contributed by atoms with E-state index in [0.717, 1.165) is 16.7 Å². The maximum Gasteiger partial charge on any atom is 0.300 e. The van der Waals surface area contributed by atoms with Crippen molar-refractivity contribution >= 4 is 29.0 Å². The van der Waals surface area contributed by atoms with Crippen molar-refractivity contribution in [2.24, 2.45) is 0 Å². The van der Waals surface area contributed by atoms with Gasteiger partial charge in [-0.05, 0) is 49.9 Å². The second-order valence-corrected chi connectivity index (χ2v) is 7.86. The summed E-state index contributed by atoms with van der Waals surface area (Å²) in [5.74, 6) is -1.61. The van der Waals surface area contributed by atoms with Crippen LogP contribution in [0.25, 0.3) is 0 Å². The molecule has 0 aliphatic carbocycles. The number of fused-ring (bicyclic) bond motifs is 1. The van der Waals surface area contributed by atoms with Crippen LogP contribution in [0.4, 0.5) is 11.4 Å². The Labute approximate surface area is 181 Å². The maximum absolute atomic E-state index is 13.4. The van der Waals surface area contributed by atoms with Crippen molar-refractivity contribution in [3.8, 4) is 0 Å². The summed E-state index contributed by atoms with van der Waals surface area (Å²) < 4.78 is 0. The first kappa shape index (κ1) is 20.5. The lowest BCUT2D eigenvalue weighted by Crippen LogP contribution is -2.52. The molecule has 4 rings (SSSR count). The number of hydrogen-bond donors (Lipinski definition) is 1. The van der Waals surface area contributed by atoms with Crippen molar-refractivity contribution in [1.29, 1.82) is 0 Å². The molecule has 2 amide bonds. The van der Waals surface area contributed by atoms with E-state index in [4.69, 9.17) is 0 Å². The summed E-state index contributed by atoms with van der Waals surface area (Å²) in [4.78, 5) is 41.0. The zero-order valence-electron chi connectivity index (χ0n) is 17.6. The Morgan fingerprint density at radius 2 is 1.55 bits per heavy atom. The molecule has 5 heteroatoms. The van der Waals surface area contributed by atoms with Crippen molar-refractivity contribution in [2.75, 3.05) is 10.2 Å². The van der Waals surface area contributed by atoms with Crippen LogP contribution >= 0.6 is 0 Å². The second-order valence-electron chi connectivity index (χ2n) is 7.86. The van der Waals surface area contributed by atoms with Gasteiger partial charge in [-0.3, -0.25) is 19.3 Å². The molecule has 156 valence electrons. The van der Waals surface area contributed by atoms with Crippen LogP contribution in [0.15, 0.2) is 72.8 Å². The number of rotatable bonds is 4. The molecule has 3 aromatic rings. The number of carbonyl (C=O) groups excluding carboxylic acids is 3. The number of hydrogen-bond acceptors (Lipinski definition) is 3. The van der Waals surface area contributed by atoms with E-state index in [0.29, 0.717) is 29.8 Å². The van der Waals surface area contributed by atoms with E-state index in [1.807, 2.05) is 56.3 Å². The fourth-order valence-corrected chi connectivity index (χ4v) is 3.91. The van der Waals surface area contributed by atoms with Gasteiger partial charge in [0.25, 0.3) is 11.7 Å². The second kappa shape index (κ2) is 8.56. The molecule has 5 nitrogen and oxygen atoms in total. The average Bonchev–Trinajstić information content (AvgIpc) is 2.79. The zero-order chi connectivity index (χ0) is 22.0. The number of ketones is 1. The third kappa shape index (κ3) is 4.12. The van der Waals surface area contributed by atoms with E-state index < -0.39 is 17.7 Å². The summed E-state index contributed by atoms with van der Waals surface area (Å²) in [5.41, 5.74) is 4.51. The Morgan fingerprint density at radius 1 is 0.871 bits per heavy atom. The predicted molar refractivity (Wildman–Crippen MR) is 121 cm³/mol. The van der Waals surface area contributed by atoms with E-state index in [9.17, 15) is 14.4 Å². The molecule has 1 aliphatic rings. The number of carbonyl (C=O) groups is 3. The summed E-state index contributed by atoms with van der Waals surface area (Å²) in [5, 5.41) is 2.94. The molecule has 0 aromatic heterocycles. The van der Waals surface area contributed by atoms with Gasteiger partial charge in [0, 0.05) is 16.9 Å². The van der Waals surface area contributed by atoms with E-state index >= 15 is 0 Å². The Kier molecular flexibility index (Phi) is 5.67. The number of amides is 2. The molecule has 0 saturated carbocycles. The molecule has 3 aromatic carbocycles. The Bertz CT molecular complexity index is 1150.